The van der Waals surface area contributed by atoms with Gasteiger partial charge in [0.05, 0.1) is 4.70 Å². The molecule has 0 aromatic carbocycles. The molecule has 1 amide bonds. The van der Waals surface area contributed by atoms with E-state index in [4.69, 9.17) is 6.42 Å². The summed E-state index contributed by atoms with van der Waals surface area (Å²) < 4.78 is 1.02. The van der Waals surface area contributed by atoms with Gasteiger partial charge in [0.25, 0.3) is 5.91 Å². The Kier molecular flexibility index (Phi) is 3.36. The second kappa shape index (κ2) is 5.38. The van der Waals surface area contributed by atoms with Crippen LogP contribution in [0.2, 0.25) is 0 Å². The number of amides is 1. The summed E-state index contributed by atoms with van der Waals surface area (Å²) in [4.78, 5) is 19.2. The molecule has 2 aliphatic rings. The van der Waals surface area contributed by atoms with E-state index >= 15 is 0 Å². The lowest BCUT2D eigenvalue weighted by atomic mass is 9.97. The van der Waals surface area contributed by atoms with Crippen LogP contribution in [0.5, 0.6) is 0 Å². The maximum absolute atomic E-state index is 12.5. The molecule has 4 nitrogen and oxygen atoms in total. The Morgan fingerprint density at radius 1 is 1.50 bits per heavy atom. The molecule has 2 aromatic rings. The van der Waals surface area contributed by atoms with Gasteiger partial charge < -0.3 is 10.2 Å². The number of aromatic nitrogens is 1. The number of nitrogens with zero attached hydrogens (tertiary/aromatic N) is 2. The fourth-order valence-electron chi connectivity index (χ4n) is 3.59. The average Bonchev–Trinajstić information content (AvgIpc) is 3.09. The van der Waals surface area contributed by atoms with Gasteiger partial charge in [0.15, 0.2) is 0 Å². The molecule has 4 heterocycles. The van der Waals surface area contributed by atoms with Crippen molar-refractivity contribution >= 4 is 27.3 Å². The molecule has 1 N–H and O–H groups in total. The molecule has 2 aromatic heterocycles. The van der Waals surface area contributed by atoms with Crippen LogP contribution in [0.3, 0.4) is 0 Å². The van der Waals surface area contributed by atoms with Gasteiger partial charge in [-0.1, -0.05) is 5.92 Å². The number of hydrogen-bond acceptors (Lipinski definition) is 4. The number of terminal acetylenes is 1. The number of fused-ring (bicyclic) bond motifs is 3. The van der Waals surface area contributed by atoms with Crippen molar-refractivity contribution in [2.75, 3.05) is 19.6 Å². The first-order chi connectivity index (χ1) is 10.7. The Hall–Kier alpha value is -1.90. The van der Waals surface area contributed by atoms with Crippen molar-refractivity contribution < 1.29 is 4.79 Å². The average molecular weight is 311 g/mol. The largest absolute Gasteiger partial charge is 0.347 e. The van der Waals surface area contributed by atoms with Gasteiger partial charge in [0.1, 0.15) is 5.69 Å². The Labute approximate surface area is 133 Å². The highest BCUT2D eigenvalue weighted by molar-refractivity contribution is 7.17. The smallest absolute Gasteiger partial charge is 0.270 e. The van der Waals surface area contributed by atoms with Crippen LogP contribution in [0.25, 0.3) is 10.1 Å². The highest BCUT2D eigenvalue weighted by atomic mass is 32.1. The summed E-state index contributed by atoms with van der Waals surface area (Å²) in [5.74, 6) is 3.30. The van der Waals surface area contributed by atoms with Gasteiger partial charge in [-0.2, -0.15) is 0 Å². The van der Waals surface area contributed by atoms with E-state index in [0.717, 1.165) is 34.5 Å². The molecule has 5 heteroatoms. The molecule has 0 saturated carbocycles. The van der Waals surface area contributed by atoms with Crippen LogP contribution in [0.1, 0.15) is 28.9 Å². The standard InChI is InChI=1S/C17H17N3OS/c1-2-12-10-22-16-7-18-15(6-14(12)16)17(21)19-13-5-11-3-4-20(8-11)9-13/h1,6-7,10-11,13H,3-5,8-9H2,(H,19,21)/t11-,13-/m1/s1. The minimum Gasteiger partial charge on any atom is -0.347 e. The molecule has 0 radical (unpaired) electrons. The van der Waals surface area contributed by atoms with E-state index in [1.54, 1.807) is 17.5 Å². The normalized spacial score (nSPS) is 26.8. The number of hydrogen-bond donors (Lipinski definition) is 1. The molecule has 0 aliphatic carbocycles. The van der Waals surface area contributed by atoms with Crippen molar-refractivity contribution in [3.63, 3.8) is 0 Å². The molecule has 2 fully saturated rings. The van der Waals surface area contributed by atoms with E-state index in [9.17, 15) is 4.79 Å². The van der Waals surface area contributed by atoms with Crippen LogP contribution in [0.4, 0.5) is 0 Å². The number of rotatable bonds is 2. The van der Waals surface area contributed by atoms with E-state index in [1.807, 2.05) is 11.4 Å². The monoisotopic (exact) mass is 311 g/mol. The van der Waals surface area contributed by atoms with Crippen LogP contribution in [-0.4, -0.2) is 41.5 Å². The van der Waals surface area contributed by atoms with Crippen molar-refractivity contribution in [3.05, 3.63) is 28.9 Å². The molecule has 2 saturated heterocycles. The van der Waals surface area contributed by atoms with Gasteiger partial charge in [-0.25, -0.2) is 4.98 Å². The van der Waals surface area contributed by atoms with E-state index in [-0.39, 0.29) is 11.9 Å². The van der Waals surface area contributed by atoms with Gasteiger partial charge in [0.2, 0.25) is 0 Å². The predicted octanol–water partition coefficient (Wildman–Crippen LogP) is 2.10. The van der Waals surface area contributed by atoms with Crippen molar-refractivity contribution in [3.8, 4) is 12.3 Å². The van der Waals surface area contributed by atoms with Gasteiger partial charge in [-0.15, -0.1) is 17.8 Å². The first-order valence-corrected chi connectivity index (χ1v) is 8.48. The number of nitrogens with one attached hydrogen (secondary N) is 1. The summed E-state index contributed by atoms with van der Waals surface area (Å²) in [5.41, 5.74) is 1.29. The highest BCUT2D eigenvalue weighted by Crippen LogP contribution is 2.27. The third-order valence-corrected chi connectivity index (χ3v) is 5.58. The van der Waals surface area contributed by atoms with Crippen LogP contribution < -0.4 is 5.32 Å². The fraction of sp³-hybridized carbons (Fsp3) is 0.412. The van der Waals surface area contributed by atoms with Gasteiger partial charge in [-0.05, 0) is 31.4 Å². The molecule has 3 atom stereocenters. The maximum atomic E-state index is 12.5. The number of piperidine rings is 1. The van der Waals surface area contributed by atoms with E-state index in [0.29, 0.717) is 5.69 Å². The molecule has 4 rings (SSSR count). The second-order valence-electron chi connectivity index (χ2n) is 6.18. The van der Waals surface area contributed by atoms with Crippen LogP contribution in [0, 0.1) is 18.3 Å². The lowest BCUT2D eigenvalue weighted by Crippen LogP contribution is -2.47. The van der Waals surface area contributed by atoms with E-state index < -0.39 is 0 Å². The van der Waals surface area contributed by atoms with Gasteiger partial charge >= 0.3 is 0 Å². The minimum atomic E-state index is -0.0939. The maximum Gasteiger partial charge on any atom is 0.270 e. The number of carbonyl (C=O) groups is 1. The third kappa shape index (κ3) is 2.39. The van der Waals surface area contributed by atoms with Crippen LogP contribution in [0.15, 0.2) is 17.6 Å². The number of thiophene rings is 1. The Morgan fingerprint density at radius 3 is 3.23 bits per heavy atom. The van der Waals surface area contributed by atoms with Crippen molar-refractivity contribution in [1.29, 1.82) is 0 Å². The molecule has 2 aliphatic heterocycles. The quantitative estimate of drug-likeness (QED) is 0.864. The predicted molar refractivity (Wildman–Crippen MR) is 88.0 cm³/mol. The van der Waals surface area contributed by atoms with Gasteiger partial charge in [0, 0.05) is 41.7 Å². The third-order valence-electron chi connectivity index (χ3n) is 4.65. The number of pyridine rings is 1. The lowest BCUT2D eigenvalue weighted by Gasteiger charge is -2.30. The Morgan fingerprint density at radius 2 is 2.41 bits per heavy atom. The Balaban J connectivity index is 1.54. The molecule has 0 spiro atoms. The fourth-order valence-corrected chi connectivity index (χ4v) is 4.44. The first-order valence-electron chi connectivity index (χ1n) is 7.60. The molecule has 112 valence electrons. The summed E-state index contributed by atoms with van der Waals surface area (Å²) in [6.45, 7) is 3.32. The second-order valence-corrected chi connectivity index (χ2v) is 7.09. The van der Waals surface area contributed by atoms with Crippen molar-refractivity contribution in [1.82, 2.24) is 15.2 Å². The highest BCUT2D eigenvalue weighted by Gasteiger charge is 2.33. The summed E-state index contributed by atoms with van der Waals surface area (Å²) in [6.07, 6.45) is 9.59. The lowest BCUT2D eigenvalue weighted by molar-refractivity contribution is 0.0904. The van der Waals surface area contributed by atoms with Crippen LogP contribution >= 0.6 is 11.3 Å². The van der Waals surface area contributed by atoms with Crippen molar-refractivity contribution in [2.45, 2.75) is 18.9 Å². The summed E-state index contributed by atoms with van der Waals surface area (Å²) in [5, 5.41) is 6.01. The molecule has 2 bridgehead atoms. The molecule has 1 unspecified atom stereocenters. The zero-order chi connectivity index (χ0) is 15.1. The summed E-state index contributed by atoms with van der Waals surface area (Å²) >= 11 is 1.56. The first kappa shape index (κ1) is 13.7. The van der Waals surface area contributed by atoms with Crippen molar-refractivity contribution in [2.24, 2.45) is 5.92 Å². The van der Waals surface area contributed by atoms with Gasteiger partial charge in [-0.3, -0.25) is 4.79 Å². The SMILES string of the molecule is C#Cc1csc2cnc(C(=O)N[C@@H]3C[C@H]4CCN(C4)C3)cc12. The molecular weight excluding hydrogens is 294 g/mol. The summed E-state index contributed by atoms with van der Waals surface area (Å²) in [6, 6.07) is 2.05. The van der Waals surface area contributed by atoms with E-state index in [1.165, 1.54) is 19.5 Å². The topological polar surface area (TPSA) is 45.2 Å². The molecular formula is C17H17N3OS. The van der Waals surface area contributed by atoms with E-state index in [2.05, 4.69) is 21.1 Å². The Bertz CT molecular complexity index is 764. The minimum absolute atomic E-state index is 0.0939. The number of carbonyl (C=O) groups excluding carboxylic acids is 1. The summed E-state index contributed by atoms with van der Waals surface area (Å²) in [7, 11) is 0. The molecule has 22 heavy (non-hydrogen) atoms. The zero-order valence-corrected chi connectivity index (χ0v) is 13.0. The zero-order valence-electron chi connectivity index (χ0n) is 12.2. The van der Waals surface area contributed by atoms with Crippen LogP contribution in [-0.2, 0) is 0 Å².